The Labute approximate surface area is 323 Å². The van der Waals surface area contributed by atoms with Gasteiger partial charge in [-0.25, -0.2) is 0 Å². The van der Waals surface area contributed by atoms with Crippen LogP contribution in [-0.2, 0) is 18.3 Å². The summed E-state index contributed by atoms with van der Waals surface area (Å²) < 4.78 is 43.1. The third-order valence-corrected chi connectivity index (χ3v) is 23.3. The molecule has 0 radical (unpaired) electrons. The van der Waals surface area contributed by atoms with Gasteiger partial charge < -0.3 is 27.2 Å². The van der Waals surface area contributed by atoms with E-state index in [1.165, 1.54) is 0 Å². The van der Waals surface area contributed by atoms with E-state index in [1.807, 2.05) is 0 Å². The van der Waals surface area contributed by atoms with Gasteiger partial charge in [-0.3, -0.25) is 4.79 Å². The molecule has 53 heavy (non-hydrogen) atoms. The number of ketones is 1. The van der Waals surface area contributed by atoms with Crippen molar-refractivity contribution in [2.24, 2.45) is 5.92 Å². The molecular weight excluding hydrogens is 713 g/mol. The SMILES string of the molecule is C=C1[C@H](O[Si](C)(C)C)[C@H]2O[C@]1(C(C)C)O[C@@H]2c1c(C)cc2c(C)c3c(c4c2c1O[Si](C(C)(C)C)(C(C)(C)C)O4)C(=O)[C@@H](O[Si](C)(C)C(C)(C)C)C[C@@H]3C. The molecule has 1 aliphatic carbocycles. The number of hydrogen-bond acceptors (Lipinski definition) is 7. The Bertz CT molecular complexity index is 1860. The molecule has 10 heteroatoms. The molecule has 2 aromatic rings. The van der Waals surface area contributed by atoms with Crippen LogP contribution in [0.25, 0.3) is 10.8 Å². The van der Waals surface area contributed by atoms with E-state index in [2.05, 4.69) is 142 Å². The van der Waals surface area contributed by atoms with Crippen LogP contribution >= 0.6 is 0 Å². The molecule has 4 aliphatic rings. The van der Waals surface area contributed by atoms with Crippen LogP contribution in [0.1, 0.15) is 134 Å². The molecule has 3 heterocycles. The lowest BCUT2D eigenvalue weighted by Gasteiger charge is -2.52. The van der Waals surface area contributed by atoms with Crippen LogP contribution < -0.4 is 8.85 Å². The van der Waals surface area contributed by atoms with Crippen molar-refractivity contribution in [3.63, 3.8) is 0 Å². The van der Waals surface area contributed by atoms with Crippen molar-refractivity contribution >= 4 is 41.8 Å². The van der Waals surface area contributed by atoms with Crippen molar-refractivity contribution in [2.75, 3.05) is 0 Å². The normalized spacial score (nSPS) is 28.8. The highest BCUT2D eigenvalue weighted by atomic mass is 28.4. The largest absolute Gasteiger partial charge is 0.510 e. The van der Waals surface area contributed by atoms with Crippen LogP contribution in [0.4, 0.5) is 0 Å². The van der Waals surface area contributed by atoms with Crippen LogP contribution in [-0.4, -0.2) is 55.1 Å². The number of carbonyl (C=O) groups excluding carboxylic acids is 1. The number of ether oxygens (including phenoxy) is 2. The van der Waals surface area contributed by atoms with Crippen molar-refractivity contribution in [1.82, 2.24) is 0 Å². The van der Waals surface area contributed by atoms with Gasteiger partial charge >= 0.3 is 8.56 Å². The summed E-state index contributed by atoms with van der Waals surface area (Å²) in [5, 5.41) is 1.13. The second-order valence-electron chi connectivity index (χ2n) is 21.4. The van der Waals surface area contributed by atoms with E-state index in [0.29, 0.717) is 17.7 Å². The number of carbonyl (C=O) groups is 1. The maximum absolute atomic E-state index is 15.2. The maximum Gasteiger partial charge on any atom is 0.471 e. The predicted molar refractivity (Wildman–Crippen MR) is 223 cm³/mol. The van der Waals surface area contributed by atoms with Crippen LogP contribution in [0.3, 0.4) is 0 Å². The third kappa shape index (κ3) is 6.02. The first kappa shape index (κ1) is 40.9. The summed E-state index contributed by atoms with van der Waals surface area (Å²) >= 11 is 0. The molecule has 0 spiro atoms. The average molecular weight is 781 g/mol. The highest BCUT2D eigenvalue weighted by Crippen LogP contribution is 2.64. The van der Waals surface area contributed by atoms with E-state index in [0.717, 1.165) is 44.3 Å². The number of fused-ring (bicyclic) bond motifs is 4. The van der Waals surface area contributed by atoms with Gasteiger partial charge in [0.2, 0.25) is 0 Å². The molecular formula is C43H68O7Si3. The summed E-state index contributed by atoms with van der Waals surface area (Å²) in [6.45, 7) is 46.5. The van der Waals surface area contributed by atoms with Crippen LogP contribution in [0.15, 0.2) is 18.2 Å². The van der Waals surface area contributed by atoms with E-state index in [1.54, 1.807) is 0 Å². The second-order valence-corrected chi connectivity index (χ2v) is 35.3. The quantitative estimate of drug-likeness (QED) is 0.213. The zero-order valence-corrected chi connectivity index (χ0v) is 39.3. The van der Waals surface area contributed by atoms with Crippen molar-refractivity contribution in [3.05, 3.63) is 46.0 Å². The van der Waals surface area contributed by atoms with E-state index in [9.17, 15) is 0 Å². The van der Waals surface area contributed by atoms with E-state index >= 15 is 4.79 Å². The maximum atomic E-state index is 15.2. The average Bonchev–Trinajstić information content (AvgIpc) is 3.49. The molecule has 7 nitrogen and oxygen atoms in total. The minimum Gasteiger partial charge on any atom is -0.510 e. The molecule has 0 amide bonds. The van der Waals surface area contributed by atoms with Gasteiger partial charge in [0.1, 0.15) is 35.9 Å². The predicted octanol–water partition coefficient (Wildman–Crippen LogP) is 11.9. The lowest BCUT2D eigenvalue weighted by Crippen LogP contribution is -2.63. The molecule has 2 bridgehead atoms. The van der Waals surface area contributed by atoms with Gasteiger partial charge in [0.15, 0.2) is 28.2 Å². The fraction of sp³-hybridized carbons (Fsp3) is 0.698. The molecule has 2 fully saturated rings. The Hall–Kier alpha value is -1.80. The summed E-state index contributed by atoms with van der Waals surface area (Å²) in [5.74, 6) is 0.610. The highest BCUT2D eigenvalue weighted by Gasteiger charge is 2.67. The first-order chi connectivity index (χ1) is 23.9. The number of Topliss-reactive ketones (excluding diaryl/α,β-unsaturated/α-hetero) is 1. The standard InChI is InChI=1S/C43H68O7Si3/c1-23(2)43-27(6)35(48-51(16,17)18)39(46-43)38(45-43)31-24(3)21-28-26(5)30-25(4)22-29(47-52(19,20)40(7,8)9)34(44)33(30)37-32(28)36(31)49-53(50-37,41(10,11)12)42(13,14)15/h21,23,25,29,35,38-39H,6,22H2,1-5,7-20H3/t25-,29-,35-,38+,39+,43-/m0/s1. The smallest absolute Gasteiger partial charge is 0.471 e. The van der Waals surface area contributed by atoms with Gasteiger partial charge in [-0.05, 0) is 86.0 Å². The van der Waals surface area contributed by atoms with Crippen molar-refractivity contribution in [3.8, 4) is 11.5 Å². The van der Waals surface area contributed by atoms with E-state index in [4.69, 9.17) is 27.2 Å². The summed E-state index contributed by atoms with van der Waals surface area (Å²) in [5.41, 5.74) is 5.75. The minimum absolute atomic E-state index is 0.0125. The topological polar surface area (TPSA) is 72.5 Å². The molecule has 0 unspecified atom stereocenters. The Balaban J connectivity index is 1.68. The molecule has 294 valence electrons. The number of rotatable bonds is 6. The van der Waals surface area contributed by atoms with Gasteiger partial charge in [0.05, 0.1) is 10.9 Å². The van der Waals surface area contributed by atoms with Gasteiger partial charge in [-0.15, -0.1) is 0 Å². The van der Waals surface area contributed by atoms with Crippen molar-refractivity contribution in [1.29, 1.82) is 0 Å². The first-order valence-electron chi connectivity index (χ1n) is 19.9. The molecule has 6 rings (SSSR count). The van der Waals surface area contributed by atoms with Gasteiger partial charge in [0, 0.05) is 27.1 Å². The van der Waals surface area contributed by atoms with Crippen molar-refractivity contribution < 1.29 is 32.0 Å². The second kappa shape index (κ2) is 12.3. The van der Waals surface area contributed by atoms with Gasteiger partial charge in [-0.1, -0.05) is 95.7 Å². The third-order valence-electron chi connectivity index (χ3n) is 12.9. The first-order valence-corrected chi connectivity index (χ1v) is 28.0. The Morgan fingerprint density at radius 2 is 1.45 bits per heavy atom. The monoisotopic (exact) mass is 780 g/mol. The molecule has 3 aliphatic heterocycles. The summed E-state index contributed by atoms with van der Waals surface area (Å²) in [4.78, 5) is 15.2. The van der Waals surface area contributed by atoms with Crippen molar-refractivity contribution in [2.45, 2.75) is 187 Å². The van der Waals surface area contributed by atoms with Gasteiger partial charge in [-0.2, -0.15) is 0 Å². The number of aryl methyl sites for hydroxylation is 2. The Morgan fingerprint density at radius 1 is 0.887 bits per heavy atom. The van der Waals surface area contributed by atoms with Crippen LogP contribution in [0.2, 0.25) is 47.8 Å². The highest BCUT2D eigenvalue weighted by molar-refractivity contribution is 6.75. The zero-order chi connectivity index (χ0) is 40.0. The molecule has 2 saturated heterocycles. The Morgan fingerprint density at radius 3 is 1.94 bits per heavy atom. The molecule has 0 N–H and O–H groups in total. The van der Waals surface area contributed by atoms with E-state index < -0.39 is 49.3 Å². The van der Waals surface area contributed by atoms with Crippen LogP contribution in [0, 0.1) is 19.8 Å². The molecule has 0 aromatic heterocycles. The Kier molecular flexibility index (Phi) is 9.52. The zero-order valence-electron chi connectivity index (χ0n) is 36.3. The number of hydrogen-bond donors (Lipinski definition) is 0. The van der Waals surface area contributed by atoms with Crippen LogP contribution in [0.5, 0.6) is 11.5 Å². The fourth-order valence-electron chi connectivity index (χ4n) is 9.41. The lowest BCUT2D eigenvalue weighted by molar-refractivity contribution is -0.161. The van der Waals surface area contributed by atoms with Gasteiger partial charge in [0.25, 0.3) is 0 Å². The molecule has 6 atom stereocenters. The lowest BCUT2D eigenvalue weighted by atomic mass is 9.76. The van der Waals surface area contributed by atoms with E-state index in [-0.39, 0.29) is 38.8 Å². The molecule has 0 saturated carbocycles. The summed E-state index contributed by atoms with van der Waals surface area (Å²) in [6.07, 6.45) is -1.06. The molecule has 2 aromatic carbocycles. The fourth-order valence-corrected chi connectivity index (χ4v) is 16.2. The summed E-state index contributed by atoms with van der Waals surface area (Å²) in [6, 6.07) is 2.26. The summed E-state index contributed by atoms with van der Waals surface area (Å²) in [7, 11) is -7.59. The number of benzene rings is 2. The minimum atomic E-state index is -3.30.